The highest BCUT2D eigenvalue weighted by Crippen LogP contribution is 2.26. The van der Waals surface area contributed by atoms with E-state index in [-0.39, 0.29) is 17.2 Å². The summed E-state index contributed by atoms with van der Waals surface area (Å²) in [4.78, 5) is 14.6. The van der Waals surface area contributed by atoms with Crippen LogP contribution in [0.1, 0.15) is 10.4 Å². The zero-order valence-electron chi connectivity index (χ0n) is 14.9. The lowest BCUT2D eigenvalue weighted by atomic mass is 10.1. The molecule has 0 aliphatic heterocycles. The van der Waals surface area contributed by atoms with Crippen molar-refractivity contribution in [2.24, 2.45) is 0 Å². The number of phenols is 1. The topological polar surface area (TPSA) is 61.8 Å². The number of hydrogen-bond acceptors (Lipinski definition) is 4. The number of likely N-dealkylation sites (N-methyl/N-ethyl adjacent to an activating group) is 1. The third kappa shape index (κ3) is 4.32. The van der Waals surface area contributed by atoms with Gasteiger partial charge in [0.1, 0.15) is 18.1 Å². The van der Waals surface area contributed by atoms with Crippen LogP contribution in [-0.2, 0) is 0 Å². The molecule has 0 radical (unpaired) electrons. The van der Waals surface area contributed by atoms with Crippen molar-refractivity contribution in [3.8, 4) is 11.5 Å². The monoisotopic (exact) mass is 350 g/mol. The van der Waals surface area contributed by atoms with Crippen LogP contribution in [0, 0.1) is 0 Å². The molecule has 0 fully saturated rings. The number of carbonyl (C=O) groups is 1. The largest absolute Gasteiger partial charge is 0.507 e. The number of nitrogens with one attached hydrogen (secondary N) is 1. The molecule has 26 heavy (non-hydrogen) atoms. The molecule has 0 aliphatic rings. The second-order valence-electron chi connectivity index (χ2n) is 6.35. The van der Waals surface area contributed by atoms with Gasteiger partial charge in [-0.3, -0.25) is 4.79 Å². The van der Waals surface area contributed by atoms with E-state index in [4.69, 9.17) is 4.74 Å². The standard InChI is InChI=1S/C21H22N2O3/c1-23(2)10-11-26-18-9-5-8-17(14-18)22-21(25)19-12-15-6-3-4-7-16(15)13-20(19)24/h3-9,12-14,24H,10-11H2,1-2H3,(H,22,25). The van der Waals surface area contributed by atoms with Gasteiger partial charge in [-0.05, 0) is 49.1 Å². The molecule has 0 aliphatic carbocycles. The van der Waals surface area contributed by atoms with E-state index in [9.17, 15) is 9.90 Å². The first-order chi connectivity index (χ1) is 12.5. The minimum absolute atomic E-state index is 0.0420. The van der Waals surface area contributed by atoms with Crippen LogP contribution in [0.5, 0.6) is 11.5 Å². The first kappa shape index (κ1) is 17.8. The van der Waals surface area contributed by atoms with Gasteiger partial charge >= 0.3 is 0 Å². The highest BCUT2D eigenvalue weighted by Gasteiger charge is 2.13. The molecule has 0 atom stereocenters. The summed E-state index contributed by atoms with van der Waals surface area (Å²) in [6.07, 6.45) is 0. The Bertz CT molecular complexity index is 922. The van der Waals surface area contributed by atoms with E-state index < -0.39 is 0 Å². The Morgan fingerprint density at radius 3 is 2.50 bits per heavy atom. The molecule has 2 N–H and O–H groups in total. The number of carbonyl (C=O) groups excluding carboxylic acids is 1. The summed E-state index contributed by atoms with van der Waals surface area (Å²) >= 11 is 0. The number of phenolic OH excluding ortho intramolecular Hbond substituents is 1. The van der Waals surface area contributed by atoms with Gasteiger partial charge in [0.25, 0.3) is 5.91 Å². The lowest BCUT2D eigenvalue weighted by Crippen LogP contribution is -2.19. The molecule has 0 spiro atoms. The van der Waals surface area contributed by atoms with Gasteiger partial charge in [-0.25, -0.2) is 0 Å². The summed E-state index contributed by atoms with van der Waals surface area (Å²) in [6.45, 7) is 1.37. The average Bonchev–Trinajstić information content (AvgIpc) is 2.61. The van der Waals surface area contributed by atoms with E-state index in [1.54, 1.807) is 24.3 Å². The summed E-state index contributed by atoms with van der Waals surface area (Å²) < 4.78 is 5.68. The molecule has 0 saturated carbocycles. The molecule has 3 aromatic carbocycles. The van der Waals surface area contributed by atoms with E-state index in [0.29, 0.717) is 18.0 Å². The number of amides is 1. The van der Waals surface area contributed by atoms with Gasteiger partial charge in [0.05, 0.1) is 5.56 Å². The number of nitrogens with zero attached hydrogens (tertiary/aromatic N) is 1. The van der Waals surface area contributed by atoms with Crippen LogP contribution in [0.3, 0.4) is 0 Å². The highest BCUT2D eigenvalue weighted by atomic mass is 16.5. The summed E-state index contributed by atoms with van der Waals surface area (Å²) in [5.41, 5.74) is 0.854. The molecule has 5 nitrogen and oxygen atoms in total. The van der Waals surface area contributed by atoms with E-state index in [1.807, 2.05) is 55.4 Å². The predicted molar refractivity (Wildman–Crippen MR) is 104 cm³/mol. The Balaban J connectivity index is 1.74. The normalized spacial score (nSPS) is 10.9. The number of benzene rings is 3. The lowest BCUT2D eigenvalue weighted by Gasteiger charge is -2.12. The molecule has 1 amide bonds. The van der Waals surface area contributed by atoms with Crippen LogP contribution in [-0.4, -0.2) is 43.2 Å². The van der Waals surface area contributed by atoms with Gasteiger partial charge in [0.15, 0.2) is 0 Å². The maximum atomic E-state index is 12.6. The molecule has 0 bridgehead atoms. The number of anilines is 1. The van der Waals surface area contributed by atoms with Crippen LogP contribution < -0.4 is 10.1 Å². The number of fused-ring (bicyclic) bond motifs is 1. The third-order valence-electron chi connectivity index (χ3n) is 4.01. The Kier molecular flexibility index (Phi) is 5.39. The fourth-order valence-corrected chi connectivity index (χ4v) is 2.62. The Morgan fingerprint density at radius 2 is 1.77 bits per heavy atom. The Labute approximate surface area is 152 Å². The minimum atomic E-state index is -0.362. The van der Waals surface area contributed by atoms with Crippen LogP contribution in [0.4, 0.5) is 5.69 Å². The van der Waals surface area contributed by atoms with Crippen molar-refractivity contribution < 1.29 is 14.6 Å². The molecule has 3 rings (SSSR count). The molecule has 0 unspecified atom stereocenters. The van der Waals surface area contributed by atoms with Gasteiger partial charge in [-0.15, -0.1) is 0 Å². The van der Waals surface area contributed by atoms with Gasteiger partial charge in [0, 0.05) is 18.3 Å². The highest BCUT2D eigenvalue weighted by molar-refractivity contribution is 6.08. The zero-order chi connectivity index (χ0) is 18.5. The van der Waals surface area contributed by atoms with Crippen LogP contribution in [0.15, 0.2) is 60.7 Å². The first-order valence-corrected chi connectivity index (χ1v) is 8.43. The maximum absolute atomic E-state index is 12.6. The summed E-state index contributed by atoms with van der Waals surface area (Å²) in [5.74, 6) is 0.283. The fraction of sp³-hybridized carbons (Fsp3) is 0.190. The van der Waals surface area contributed by atoms with E-state index >= 15 is 0 Å². The minimum Gasteiger partial charge on any atom is -0.507 e. The van der Waals surface area contributed by atoms with E-state index in [1.165, 1.54) is 0 Å². The molecule has 0 saturated heterocycles. The van der Waals surface area contributed by atoms with Crippen molar-refractivity contribution in [2.75, 3.05) is 32.6 Å². The van der Waals surface area contributed by atoms with Crippen molar-refractivity contribution in [3.63, 3.8) is 0 Å². The molecular formula is C21H22N2O3. The van der Waals surface area contributed by atoms with Gasteiger partial charge in [-0.1, -0.05) is 30.3 Å². The molecule has 0 aromatic heterocycles. The average molecular weight is 350 g/mol. The van der Waals surface area contributed by atoms with Crippen molar-refractivity contribution >= 4 is 22.4 Å². The first-order valence-electron chi connectivity index (χ1n) is 8.43. The molecule has 3 aromatic rings. The van der Waals surface area contributed by atoms with Crippen molar-refractivity contribution in [3.05, 3.63) is 66.2 Å². The second-order valence-corrected chi connectivity index (χ2v) is 6.35. The quantitative estimate of drug-likeness (QED) is 0.711. The fourth-order valence-electron chi connectivity index (χ4n) is 2.62. The number of rotatable bonds is 6. The Hall–Kier alpha value is -3.05. The van der Waals surface area contributed by atoms with Crippen molar-refractivity contribution in [1.82, 2.24) is 4.90 Å². The third-order valence-corrected chi connectivity index (χ3v) is 4.01. The molecule has 5 heteroatoms. The Morgan fingerprint density at radius 1 is 1.04 bits per heavy atom. The SMILES string of the molecule is CN(C)CCOc1cccc(NC(=O)c2cc3ccccc3cc2O)c1. The summed E-state index contributed by atoms with van der Waals surface area (Å²) in [7, 11) is 3.96. The smallest absolute Gasteiger partial charge is 0.259 e. The van der Waals surface area contributed by atoms with Crippen molar-refractivity contribution in [2.45, 2.75) is 0 Å². The molecular weight excluding hydrogens is 328 g/mol. The number of ether oxygens (including phenoxy) is 1. The van der Waals surface area contributed by atoms with Gasteiger partial charge in [-0.2, -0.15) is 0 Å². The van der Waals surface area contributed by atoms with Crippen molar-refractivity contribution in [1.29, 1.82) is 0 Å². The second kappa shape index (κ2) is 7.89. The van der Waals surface area contributed by atoms with E-state index in [0.717, 1.165) is 17.3 Å². The number of hydrogen-bond donors (Lipinski definition) is 2. The number of aromatic hydroxyl groups is 1. The molecule has 134 valence electrons. The molecule has 0 heterocycles. The zero-order valence-corrected chi connectivity index (χ0v) is 14.9. The van der Waals surface area contributed by atoms with E-state index in [2.05, 4.69) is 5.32 Å². The van der Waals surface area contributed by atoms with Crippen LogP contribution >= 0.6 is 0 Å². The summed E-state index contributed by atoms with van der Waals surface area (Å²) in [5, 5.41) is 14.8. The predicted octanol–water partition coefficient (Wildman–Crippen LogP) is 3.74. The lowest BCUT2D eigenvalue weighted by molar-refractivity contribution is 0.102. The summed E-state index contributed by atoms with van der Waals surface area (Å²) in [6, 6.07) is 18.1. The van der Waals surface area contributed by atoms with Crippen LogP contribution in [0.25, 0.3) is 10.8 Å². The van der Waals surface area contributed by atoms with Gasteiger partial charge < -0.3 is 20.1 Å². The van der Waals surface area contributed by atoms with Gasteiger partial charge in [0.2, 0.25) is 0 Å². The van der Waals surface area contributed by atoms with Crippen LogP contribution in [0.2, 0.25) is 0 Å². The maximum Gasteiger partial charge on any atom is 0.259 e.